The van der Waals surface area contributed by atoms with Crippen LogP contribution in [0.15, 0.2) is 42.6 Å². The van der Waals surface area contributed by atoms with E-state index in [0.29, 0.717) is 6.79 Å². The minimum atomic E-state index is 0.305. The molecule has 1 aliphatic heterocycles. The van der Waals surface area contributed by atoms with Gasteiger partial charge in [0.25, 0.3) is 0 Å². The zero-order chi connectivity index (χ0) is 12.4. The van der Waals surface area contributed by atoms with Gasteiger partial charge in [-0.05, 0) is 18.2 Å². The average Bonchev–Trinajstić information content (AvgIpc) is 2.86. The molecule has 0 saturated carbocycles. The second kappa shape index (κ2) is 4.53. The van der Waals surface area contributed by atoms with E-state index in [1.54, 1.807) is 0 Å². The van der Waals surface area contributed by atoms with Crippen LogP contribution in [0.4, 0.5) is 0 Å². The Morgan fingerprint density at radius 3 is 2.89 bits per heavy atom. The van der Waals surface area contributed by atoms with Gasteiger partial charge in [0.05, 0.1) is 0 Å². The predicted octanol–water partition coefficient (Wildman–Crippen LogP) is 2.41. The lowest BCUT2D eigenvalue weighted by atomic mass is 10.1. The Balaban J connectivity index is 1.94. The second-order valence-corrected chi connectivity index (χ2v) is 4.15. The molecule has 3 heteroatoms. The molecule has 0 saturated heterocycles. The van der Waals surface area contributed by atoms with E-state index in [-0.39, 0.29) is 0 Å². The van der Waals surface area contributed by atoms with Crippen molar-refractivity contribution in [1.82, 2.24) is 0 Å². The zero-order valence-corrected chi connectivity index (χ0v) is 10.2. The van der Waals surface area contributed by atoms with Crippen LogP contribution < -0.4 is 14.0 Å². The third-order valence-electron chi connectivity index (χ3n) is 2.96. The van der Waals surface area contributed by atoms with Gasteiger partial charge in [-0.2, -0.15) is 0 Å². The molecule has 0 N–H and O–H groups in total. The summed E-state index contributed by atoms with van der Waals surface area (Å²) in [4.78, 5) is 0. The van der Waals surface area contributed by atoms with Gasteiger partial charge >= 0.3 is 0 Å². The molecule has 0 fully saturated rings. The maximum absolute atomic E-state index is 5.47. The minimum Gasteiger partial charge on any atom is -0.454 e. The summed E-state index contributed by atoms with van der Waals surface area (Å²) < 4.78 is 12.9. The van der Waals surface area contributed by atoms with Crippen LogP contribution in [0.2, 0.25) is 0 Å². The maximum atomic E-state index is 5.47. The fourth-order valence-corrected chi connectivity index (χ4v) is 1.97. The van der Waals surface area contributed by atoms with Gasteiger partial charge in [-0.1, -0.05) is 12.1 Å². The molecule has 0 bridgehead atoms. The number of rotatable bonds is 2. The SMILES string of the molecule is C[n+]1ccccc1C=Cc1cccc2c1OCO2. The molecule has 0 aliphatic carbocycles. The monoisotopic (exact) mass is 240 g/mol. The van der Waals surface area contributed by atoms with Crippen molar-refractivity contribution in [2.75, 3.05) is 6.79 Å². The third-order valence-corrected chi connectivity index (χ3v) is 2.96. The molecule has 0 spiro atoms. The van der Waals surface area contributed by atoms with Crippen molar-refractivity contribution < 1.29 is 14.0 Å². The van der Waals surface area contributed by atoms with E-state index >= 15 is 0 Å². The molecule has 1 aromatic carbocycles. The zero-order valence-electron chi connectivity index (χ0n) is 10.2. The van der Waals surface area contributed by atoms with Crippen LogP contribution >= 0.6 is 0 Å². The molecule has 3 nitrogen and oxygen atoms in total. The van der Waals surface area contributed by atoms with Gasteiger partial charge in [0.15, 0.2) is 17.7 Å². The molecule has 0 amide bonds. The first kappa shape index (κ1) is 10.8. The molecule has 90 valence electrons. The lowest BCUT2D eigenvalue weighted by Gasteiger charge is -1.99. The van der Waals surface area contributed by atoms with Crippen molar-refractivity contribution in [3.63, 3.8) is 0 Å². The van der Waals surface area contributed by atoms with E-state index in [4.69, 9.17) is 9.47 Å². The maximum Gasteiger partial charge on any atom is 0.231 e. The second-order valence-electron chi connectivity index (χ2n) is 4.15. The molecule has 0 atom stereocenters. The standard InChI is InChI=1S/C15H14NO2/c1-16-10-3-2-6-13(16)9-8-12-5-4-7-14-15(12)18-11-17-14/h2-10H,11H2,1H3/q+1. The van der Waals surface area contributed by atoms with E-state index in [1.165, 1.54) is 0 Å². The highest BCUT2D eigenvalue weighted by molar-refractivity contribution is 5.72. The van der Waals surface area contributed by atoms with E-state index in [1.807, 2.05) is 49.7 Å². The molecule has 2 aromatic rings. The highest BCUT2D eigenvalue weighted by Crippen LogP contribution is 2.36. The normalized spacial score (nSPS) is 13.2. The number of hydrogen-bond acceptors (Lipinski definition) is 2. The van der Waals surface area contributed by atoms with Crippen LogP contribution in [-0.2, 0) is 7.05 Å². The Bertz CT molecular complexity index is 605. The van der Waals surface area contributed by atoms with Gasteiger partial charge in [0.1, 0.15) is 7.05 Å². The van der Waals surface area contributed by atoms with E-state index in [2.05, 4.69) is 16.7 Å². The molecular weight excluding hydrogens is 226 g/mol. The van der Waals surface area contributed by atoms with Gasteiger partial charge < -0.3 is 9.47 Å². The van der Waals surface area contributed by atoms with E-state index in [9.17, 15) is 0 Å². The van der Waals surface area contributed by atoms with Crippen molar-refractivity contribution >= 4 is 12.2 Å². The fraction of sp³-hybridized carbons (Fsp3) is 0.133. The quantitative estimate of drug-likeness (QED) is 0.752. The number of aryl methyl sites for hydroxylation is 1. The van der Waals surface area contributed by atoms with E-state index < -0.39 is 0 Å². The van der Waals surface area contributed by atoms with Crippen molar-refractivity contribution in [2.45, 2.75) is 0 Å². The highest BCUT2D eigenvalue weighted by atomic mass is 16.7. The number of fused-ring (bicyclic) bond motifs is 1. The van der Waals surface area contributed by atoms with Crippen molar-refractivity contribution in [3.05, 3.63) is 53.9 Å². The average molecular weight is 240 g/mol. The van der Waals surface area contributed by atoms with Crippen LogP contribution in [0, 0.1) is 0 Å². The van der Waals surface area contributed by atoms with Gasteiger partial charge in [-0.25, -0.2) is 4.57 Å². The topological polar surface area (TPSA) is 22.3 Å². The molecule has 1 aliphatic rings. The number of nitrogens with zero attached hydrogens (tertiary/aromatic N) is 1. The van der Waals surface area contributed by atoms with Crippen LogP contribution in [0.3, 0.4) is 0 Å². The van der Waals surface area contributed by atoms with Crippen LogP contribution in [0.5, 0.6) is 11.5 Å². The van der Waals surface area contributed by atoms with Crippen LogP contribution in [0.25, 0.3) is 12.2 Å². The van der Waals surface area contributed by atoms with Crippen molar-refractivity contribution in [2.24, 2.45) is 7.05 Å². The summed E-state index contributed by atoms with van der Waals surface area (Å²) >= 11 is 0. The first-order valence-electron chi connectivity index (χ1n) is 5.86. The molecule has 18 heavy (non-hydrogen) atoms. The number of para-hydroxylation sites is 1. The Kier molecular flexibility index (Phi) is 2.73. The molecule has 0 unspecified atom stereocenters. The summed E-state index contributed by atoms with van der Waals surface area (Å²) in [5.74, 6) is 1.64. The van der Waals surface area contributed by atoms with Crippen LogP contribution in [-0.4, -0.2) is 6.79 Å². The smallest absolute Gasteiger partial charge is 0.231 e. The van der Waals surface area contributed by atoms with Crippen LogP contribution in [0.1, 0.15) is 11.3 Å². The molecule has 3 rings (SSSR count). The predicted molar refractivity (Wildman–Crippen MR) is 69.1 cm³/mol. The Morgan fingerprint density at radius 2 is 2.00 bits per heavy atom. The Morgan fingerprint density at radius 1 is 1.06 bits per heavy atom. The molecule has 0 radical (unpaired) electrons. The number of pyridine rings is 1. The number of ether oxygens (including phenoxy) is 2. The number of hydrogen-bond donors (Lipinski definition) is 0. The van der Waals surface area contributed by atoms with Gasteiger partial charge in [-0.3, -0.25) is 0 Å². The highest BCUT2D eigenvalue weighted by Gasteiger charge is 2.15. The van der Waals surface area contributed by atoms with Gasteiger partial charge in [0, 0.05) is 23.8 Å². The lowest BCUT2D eigenvalue weighted by Crippen LogP contribution is -2.30. The van der Waals surface area contributed by atoms with Gasteiger partial charge in [-0.15, -0.1) is 0 Å². The van der Waals surface area contributed by atoms with Crippen molar-refractivity contribution in [3.8, 4) is 11.5 Å². The molecule has 1 aromatic heterocycles. The summed E-state index contributed by atoms with van der Waals surface area (Å²) in [6.07, 6.45) is 6.13. The number of aromatic nitrogens is 1. The minimum absolute atomic E-state index is 0.305. The largest absolute Gasteiger partial charge is 0.454 e. The lowest BCUT2D eigenvalue weighted by molar-refractivity contribution is -0.673. The number of benzene rings is 1. The summed E-state index contributed by atoms with van der Waals surface area (Å²) in [6, 6.07) is 12.0. The first-order chi connectivity index (χ1) is 8.84. The molecular formula is C15H14NO2+. The van der Waals surface area contributed by atoms with Gasteiger partial charge in [0.2, 0.25) is 12.5 Å². The summed E-state index contributed by atoms with van der Waals surface area (Å²) in [5, 5.41) is 0. The first-order valence-corrected chi connectivity index (χ1v) is 5.86. The summed E-state index contributed by atoms with van der Waals surface area (Å²) in [5.41, 5.74) is 2.17. The fourth-order valence-electron chi connectivity index (χ4n) is 1.97. The van der Waals surface area contributed by atoms with Crippen molar-refractivity contribution in [1.29, 1.82) is 0 Å². The Hall–Kier alpha value is -2.29. The third kappa shape index (κ3) is 1.95. The summed E-state index contributed by atoms with van der Waals surface area (Å²) in [7, 11) is 2.02. The molecule has 2 heterocycles. The summed E-state index contributed by atoms with van der Waals surface area (Å²) in [6.45, 7) is 0.305. The van der Waals surface area contributed by atoms with E-state index in [0.717, 1.165) is 22.8 Å². The Labute approximate surface area is 106 Å².